The summed E-state index contributed by atoms with van der Waals surface area (Å²) in [5.41, 5.74) is 2.95. The van der Waals surface area contributed by atoms with Crippen LogP contribution in [0.25, 0.3) is 0 Å². The minimum Gasteiger partial charge on any atom is -0.495 e. The van der Waals surface area contributed by atoms with E-state index in [2.05, 4.69) is 20.6 Å². The topological polar surface area (TPSA) is 76.1 Å². The molecule has 0 aliphatic rings. The standard InChI is InChI=1S/C20H19ClN4O2/c1-3-13-6-4-5-7-17(13)25-19(26)14-11-22-20(23-12-14)24-15-8-9-18(27-2)16(21)10-15/h4-12H,3H2,1-2H3,(H,25,26)(H,22,23,24). The van der Waals surface area contributed by atoms with Crippen molar-refractivity contribution < 1.29 is 9.53 Å². The van der Waals surface area contributed by atoms with Crippen molar-refractivity contribution in [3.05, 3.63) is 71.0 Å². The van der Waals surface area contributed by atoms with E-state index in [1.807, 2.05) is 31.2 Å². The summed E-state index contributed by atoms with van der Waals surface area (Å²) in [6, 6.07) is 13.0. The molecular weight excluding hydrogens is 364 g/mol. The maximum Gasteiger partial charge on any atom is 0.258 e. The first-order valence-electron chi connectivity index (χ1n) is 8.42. The summed E-state index contributed by atoms with van der Waals surface area (Å²) in [6.07, 6.45) is 3.79. The lowest BCUT2D eigenvalue weighted by Gasteiger charge is -2.10. The SMILES string of the molecule is CCc1ccccc1NC(=O)c1cnc(Nc2ccc(OC)c(Cl)c2)nc1. The average molecular weight is 383 g/mol. The van der Waals surface area contributed by atoms with Crippen LogP contribution in [0.3, 0.4) is 0 Å². The highest BCUT2D eigenvalue weighted by Crippen LogP contribution is 2.28. The lowest BCUT2D eigenvalue weighted by molar-refractivity contribution is 0.102. The minimum atomic E-state index is -0.255. The van der Waals surface area contributed by atoms with Gasteiger partial charge in [-0.05, 0) is 36.2 Å². The summed E-state index contributed by atoms with van der Waals surface area (Å²) in [6.45, 7) is 2.04. The number of nitrogens with zero attached hydrogens (tertiary/aromatic N) is 2. The van der Waals surface area contributed by atoms with Crippen molar-refractivity contribution in [2.75, 3.05) is 17.7 Å². The summed E-state index contributed by atoms with van der Waals surface area (Å²) < 4.78 is 5.12. The molecule has 1 heterocycles. The van der Waals surface area contributed by atoms with Crippen LogP contribution in [0.5, 0.6) is 5.75 Å². The zero-order valence-corrected chi connectivity index (χ0v) is 15.7. The lowest BCUT2D eigenvalue weighted by Crippen LogP contribution is -2.14. The average Bonchev–Trinajstić information content (AvgIpc) is 2.69. The summed E-state index contributed by atoms with van der Waals surface area (Å²) in [5.74, 6) is 0.694. The number of benzene rings is 2. The molecule has 0 fully saturated rings. The van der Waals surface area contributed by atoms with E-state index in [1.165, 1.54) is 12.4 Å². The van der Waals surface area contributed by atoms with Crippen molar-refractivity contribution in [1.82, 2.24) is 9.97 Å². The number of anilines is 3. The number of nitrogens with one attached hydrogen (secondary N) is 2. The van der Waals surface area contributed by atoms with Crippen molar-refractivity contribution in [2.45, 2.75) is 13.3 Å². The molecule has 6 nitrogen and oxygen atoms in total. The fourth-order valence-electron chi connectivity index (χ4n) is 2.53. The highest BCUT2D eigenvalue weighted by Gasteiger charge is 2.10. The number of aromatic nitrogens is 2. The van der Waals surface area contributed by atoms with Gasteiger partial charge in [0.2, 0.25) is 5.95 Å². The van der Waals surface area contributed by atoms with Gasteiger partial charge in [0.15, 0.2) is 0 Å². The van der Waals surface area contributed by atoms with Crippen molar-refractivity contribution in [3.63, 3.8) is 0 Å². The third kappa shape index (κ3) is 4.54. The van der Waals surface area contributed by atoms with E-state index in [0.717, 1.165) is 23.4 Å². The van der Waals surface area contributed by atoms with Crippen LogP contribution in [-0.4, -0.2) is 23.0 Å². The Bertz CT molecular complexity index is 945. The Morgan fingerprint density at radius 2 is 1.89 bits per heavy atom. The lowest BCUT2D eigenvalue weighted by atomic mass is 10.1. The second-order valence-electron chi connectivity index (χ2n) is 5.73. The van der Waals surface area contributed by atoms with Gasteiger partial charge in [-0.2, -0.15) is 0 Å². The predicted octanol–water partition coefficient (Wildman–Crippen LogP) is 4.70. The zero-order valence-electron chi connectivity index (χ0n) is 15.0. The second-order valence-corrected chi connectivity index (χ2v) is 6.14. The maximum absolute atomic E-state index is 12.4. The van der Waals surface area contributed by atoms with E-state index in [-0.39, 0.29) is 5.91 Å². The molecule has 0 spiro atoms. The van der Waals surface area contributed by atoms with Gasteiger partial charge < -0.3 is 15.4 Å². The number of amides is 1. The number of hydrogen-bond donors (Lipinski definition) is 2. The Kier molecular flexibility index (Phi) is 5.88. The molecule has 7 heteroatoms. The number of methoxy groups -OCH3 is 1. The normalized spacial score (nSPS) is 10.3. The highest BCUT2D eigenvalue weighted by molar-refractivity contribution is 6.32. The largest absolute Gasteiger partial charge is 0.495 e. The summed E-state index contributed by atoms with van der Waals surface area (Å²) in [4.78, 5) is 20.8. The Balaban J connectivity index is 1.69. The van der Waals surface area contributed by atoms with Gasteiger partial charge in [0.1, 0.15) is 5.75 Å². The molecule has 1 amide bonds. The van der Waals surface area contributed by atoms with E-state index < -0.39 is 0 Å². The van der Waals surface area contributed by atoms with E-state index in [0.29, 0.717) is 22.3 Å². The van der Waals surface area contributed by atoms with E-state index in [9.17, 15) is 4.79 Å². The molecule has 0 unspecified atom stereocenters. The van der Waals surface area contributed by atoms with Gasteiger partial charge in [-0.3, -0.25) is 4.79 Å². The van der Waals surface area contributed by atoms with E-state index in [1.54, 1.807) is 25.3 Å². The molecule has 0 saturated heterocycles. The zero-order chi connectivity index (χ0) is 19.2. The molecular formula is C20H19ClN4O2. The van der Waals surface area contributed by atoms with Gasteiger partial charge in [0, 0.05) is 23.8 Å². The maximum atomic E-state index is 12.4. The molecule has 0 aliphatic carbocycles. The quantitative estimate of drug-likeness (QED) is 0.646. The van der Waals surface area contributed by atoms with Crippen LogP contribution >= 0.6 is 11.6 Å². The Morgan fingerprint density at radius 3 is 2.56 bits per heavy atom. The molecule has 2 aromatic carbocycles. The first-order chi connectivity index (χ1) is 13.1. The van der Waals surface area contributed by atoms with Crippen LogP contribution in [0.15, 0.2) is 54.9 Å². The van der Waals surface area contributed by atoms with Crippen LogP contribution in [0.2, 0.25) is 5.02 Å². The van der Waals surface area contributed by atoms with Crippen molar-refractivity contribution in [2.24, 2.45) is 0 Å². The predicted molar refractivity (Wildman–Crippen MR) is 107 cm³/mol. The van der Waals surface area contributed by atoms with Crippen molar-refractivity contribution >= 4 is 34.8 Å². The molecule has 0 saturated carbocycles. The molecule has 0 radical (unpaired) electrons. The minimum absolute atomic E-state index is 0.255. The fourth-order valence-corrected chi connectivity index (χ4v) is 2.79. The second kappa shape index (κ2) is 8.51. The molecule has 138 valence electrons. The van der Waals surface area contributed by atoms with Gasteiger partial charge in [-0.1, -0.05) is 36.7 Å². The number of para-hydroxylation sites is 1. The molecule has 0 atom stereocenters. The van der Waals surface area contributed by atoms with Gasteiger partial charge in [0.05, 0.1) is 17.7 Å². The van der Waals surface area contributed by atoms with Crippen LogP contribution < -0.4 is 15.4 Å². The number of hydrogen-bond acceptors (Lipinski definition) is 5. The monoisotopic (exact) mass is 382 g/mol. The number of carbonyl (C=O) groups excluding carboxylic acids is 1. The van der Waals surface area contributed by atoms with Crippen LogP contribution in [0.4, 0.5) is 17.3 Å². The van der Waals surface area contributed by atoms with Crippen LogP contribution in [0.1, 0.15) is 22.8 Å². The number of aryl methyl sites for hydroxylation is 1. The van der Waals surface area contributed by atoms with Crippen molar-refractivity contribution in [1.29, 1.82) is 0 Å². The Hall–Kier alpha value is -3.12. The van der Waals surface area contributed by atoms with E-state index >= 15 is 0 Å². The smallest absolute Gasteiger partial charge is 0.258 e. The molecule has 2 N–H and O–H groups in total. The first kappa shape index (κ1) is 18.7. The number of ether oxygens (including phenoxy) is 1. The van der Waals surface area contributed by atoms with Crippen molar-refractivity contribution in [3.8, 4) is 5.75 Å². The summed E-state index contributed by atoms with van der Waals surface area (Å²) >= 11 is 6.11. The highest BCUT2D eigenvalue weighted by atomic mass is 35.5. The molecule has 1 aromatic heterocycles. The molecule has 3 aromatic rings. The Labute approximate surface area is 162 Å². The molecule has 27 heavy (non-hydrogen) atoms. The van der Waals surface area contributed by atoms with E-state index in [4.69, 9.17) is 16.3 Å². The Morgan fingerprint density at radius 1 is 1.15 bits per heavy atom. The van der Waals surface area contributed by atoms with Gasteiger partial charge >= 0.3 is 0 Å². The summed E-state index contributed by atoms with van der Waals surface area (Å²) in [7, 11) is 1.56. The van der Waals surface area contributed by atoms with Crippen LogP contribution in [-0.2, 0) is 6.42 Å². The molecule has 3 rings (SSSR count). The first-order valence-corrected chi connectivity index (χ1v) is 8.80. The van der Waals surface area contributed by atoms with Crippen LogP contribution in [0, 0.1) is 0 Å². The third-order valence-electron chi connectivity index (χ3n) is 3.97. The summed E-state index contributed by atoms with van der Waals surface area (Å²) in [5, 5.41) is 6.41. The van der Waals surface area contributed by atoms with Gasteiger partial charge in [0.25, 0.3) is 5.91 Å². The molecule has 0 aliphatic heterocycles. The molecule has 0 bridgehead atoms. The number of carbonyl (C=O) groups is 1. The number of rotatable bonds is 6. The van der Waals surface area contributed by atoms with Gasteiger partial charge in [-0.25, -0.2) is 9.97 Å². The third-order valence-corrected chi connectivity index (χ3v) is 4.26. The van der Waals surface area contributed by atoms with Gasteiger partial charge in [-0.15, -0.1) is 0 Å². The number of halogens is 1. The fraction of sp³-hybridized carbons (Fsp3) is 0.150.